The van der Waals surface area contributed by atoms with E-state index >= 15 is 0 Å². The fraction of sp³-hybridized carbons (Fsp3) is 0.167. The molecule has 3 aromatic rings. The summed E-state index contributed by atoms with van der Waals surface area (Å²) in [4.78, 5) is -0.775. The first-order valence-corrected chi connectivity index (χ1v) is 10.3. The topological polar surface area (TPSA) is 64.0 Å². The average molecular weight is 446 g/mol. The number of rotatable bonds is 5. The SMILES string of the molecule is Cc1nn(Cc2ccc(Cl)c(Cl)c2)c(C)c1NS(=O)(=O)c1cc(F)ccc1F. The van der Waals surface area contributed by atoms with Crippen molar-refractivity contribution in [3.8, 4) is 0 Å². The maximum atomic E-state index is 13.9. The number of anilines is 1. The first-order chi connectivity index (χ1) is 13.1. The van der Waals surface area contributed by atoms with Crippen molar-refractivity contribution in [2.24, 2.45) is 0 Å². The van der Waals surface area contributed by atoms with E-state index in [1.807, 2.05) is 0 Å². The molecule has 0 saturated heterocycles. The first-order valence-electron chi connectivity index (χ1n) is 8.04. The second-order valence-corrected chi connectivity index (χ2v) is 8.60. The zero-order valence-electron chi connectivity index (χ0n) is 14.8. The van der Waals surface area contributed by atoms with Crippen molar-refractivity contribution in [2.75, 3.05) is 4.72 Å². The predicted molar refractivity (Wildman–Crippen MR) is 104 cm³/mol. The Labute approximate surface area is 170 Å². The maximum Gasteiger partial charge on any atom is 0.265 e. The van der Waals surface area contributed by atoms with Crippen LogP contribution in [-0.2, 0) is 16.6 Å². The molecule has 0 aliphatic rings. The van der Waals surface area contributed by atoms with Gasteiger partial charge in [0, 0.05) is 0 Å². The molecule has 0 unspecified atom stereocenters. The number of halogens is 4. The van der Waals surface area contributed by atoms with E-state index in [2.05, 4.69) is 9.82 Å². The lowest BCUT2D eigenvalue weighted by Gasteiger charge is -2.10. The second kappa shape index (κ2) is 7.69. The molecule has 0 aliphatic carbocycles. The summed E-state index contributed by atoms with van der Waals surface area (Å²) in [6, 6.07) is 7.35. The van der Waals surface area contributed by atoms with E-state index in [0.717, 1.165) is 17.7 Å². The third-order valence-electron chi connectivity index (χ3n) is 4.12. The Kier molecular flexibility index (Phi) is 5.65. The summed E-state index contributed by atoms with van der Waals surface area (Å²) in [5, 5.41) is 5.13. The minimum absolute atomic E-state index is 0.198. The van der Waals surface area contributed by atoms with Crippen molar-refractivity contribution in [3.63, 3.8) is 0 Å². The third-order valence-corrected chi connectivity index (χ3v) is 6.22. The van der Waals surface area contributed by atoms with Gasteiger partial charge in [-0.1, -0.05) is 29.3 Å². The Balaban J connectivity index is 1.93. The summed E-state index contributed by atoms with van der Waals surface area (Å²) in [6.07, 6.45) is 0. The molecule has 10 heteroatoms. The molecular weight excluding hydrogens is 431 g/mol. The van der Waals surface area contributed by atoms with E-state index in [1.165, 1.54) is 0 Å². The number of sulfonamides is 1. The van der Waals surface area contributed by atoms with Crippen molar-refractivity contribution < 1.29 is 17.2 Å². The molecule has 3 rings (SSSR count). The highest BCUT2D eigenvalue weighted by Crippen LogP contribution is 2.27. The summed E-state index contributed by atoms with van der Waals surface area (Å²) < 4.78 is 56.3. The standard InChI is InChI=1S/C18H15Cl2F2N3O2S/c1-10-18(24-28(26,27)17-8-13(21)4-6-16(17)22)11(2)25(23-10)9-12-3-5-14(19)15(20)7-12/h3-8,24H,9H2,1-2H3. The highest BCUT2D eigenvalue weighted by molar-refractivity contribution is 7.92. The van der Waals surface area contributed by atoms with Crippen LogP contribution < -0.4 is 4.72 Å². The smallest absolute Gasteiger partial charge is 0.265 e. The fourth-order valence-electron chi connectivity index (χ4n) is 2.68. The van der Waals surface area contributed by atoms with Crippen LogP contribution in [0.5, 0.6) is 0 Å². The lowest BCUT2D eigenvalue weighted by molar-refractivity contribution is 0.555. The monoisotopic (exact) mass is 445 g/mol. The van der Waals surface area contributed by atoms with E-state index < -0.39 is 26.6 Å². The van der Waals surface area contributed by atoms with Crippen LogP contribution in [0.15, 0.2) is 41.3 Å². The van der Waals surface area contributed by atoms with Crippen LogP contribution in [0.4, 0.5) is 14.5 Å². The molecule has 0 fully saturated rings. The van der Waals surface area contributed by atoms with Crippen LogP contribution in [0, 0.1) is 25.5 Å². The number of nitrogens with zero attached hydrogens (tertiary/aromatic N) is 2. The second-order valence-electron chi connectivity index (χ2n) is 6.13. The average Bonchev–Trinajstić information content (AvgIpc) is 2.87. The minimum Gasteiger partial charge on any atom is -0.276 e. The van der Waals surface area contributed by atoms with Crippen LogP contribution in [0.25, 0.3) is 0 Å². The third kappa shape index (κ3) is 4.14. The first kappa shape index (κ1) is 20.6. The maximum absolute atomic E-state index is 13.9. The summed E-state index contributed by atoms with van der Waals surface area (Å²) >= 11 is 11.9. The zero-order chi connectivity index (χ0) is 20.6. The van der Waals surface area contributed by atoms with Crippen LogP contribution >= 0.6 is 23.2 Å². The molecule has 0 saturated carbocycles. The molecule has 0 amide bonds. The Morgan fingerprint density at radius 1 is 1.07 bits per heavy atom. The van der Waals surface area contributed by atoms with E-state index in [-0.39, 0.29) is 5.69 Å². The van der Waals surface area contributed by atoms with Gasteiger partial charge in [0.15, 0.2) is 0 Å². The molecule has 2 aromatic carbocycles. The molecule has 1 heterocycles. The lowest BCUT2D eigenvalue weighted by atomic mass is 10.2. The van der Waals surface area contributed by atoms with Crippen LogP contribution in [-0.4, -0.2) is 18.2 Å². The molecule has 0 spiro atoms. The van der Waals surface area contributed by atoms with Crippen molar-refractivity contribution in [1.82, 2.24) is 9.78 Å². The van der Waals surface area contributed by atoms with Crippen LogP contribution in [0.1, 0.15) is 17.0 Å². The van der Waals surface area contributed by atoms with Crippen LogP contribution in [0.3, 0.4) is 0 Å². The van der Waals surface area contributed by atoms with Gasteiger partial charge in [0.1, 0.15) is 16.5 Å². The largest absolute Gasteiger partial charge is 0.276 e. The Hall–Kier alpha value is -2.16. The van der Waals surface area contributed by atoms with E-state index in [0.29, 0.717) is 34.0 Å². The molecule has 0 radical (unpaired) electrons. The molecule has 28 heavy (non-hydrogen) atoms. The number of nitrogens with one attached hydrogen (secondary N) is 1. The van der Waals surface area contributed by atoms with Gasteiger partial charge in [-0.15, -0.1) is 0 Å². The highest BCUT2D eigenvalue weighted by Gasteiger charge is 2.23. The molecule has 148 valence electrons. The van der Waals surface area contributed by atoms with Gasteiger partial charge < -0.3 is 0 Å². The molecule has 0 aliphatic heterocycles. The summed E-state index contributed by atoms with van der Waals surface area (Å²) in [5.41, 5.74) is 1.90. The highest BCUT2D eigenvalue weighted by atomic mass is 35.5. The normalized spacial score (nSPS) is 11.6. The molecule has 0 atom stereocenters. The molecule has 0 bridgehead atoms. The predicted octanol–water partition coefficient (Wildman–Crippen LogP) is 4.93. The van der Waals surface area contributed by atoms with E-state index in [4.69, 9.17) is 23.2 Å². The zero-order valence-corrected chi connectivity index (χ0v) is 17.1. The van der Waals surface area contributed by atoms with Gasteiger partial charge in [0.05, 0.1) is 33.7 Å². The molecule has 1 aromatic heterocycles. The van der Waals surface area contributed by atoms with Crippen molar-refractivity contribution in [1.29, 1.82) is 0 Å². The fourth-order valence-corrected chi connectivity index (χ4v) is 4.27. The Bertz CT molecular complexity index is 1160. The summed E-state index contributed by atoms with van der Waals surface area (Å²) in [6.45, 7) is 3.59. The van der Waals surface area contributed by atoms with Crippen LogP contribution in [0.2, 0.25) is 10.0 Å². The number of aryl methyl sites for hydroxylation is 1. The summed E-state index contributed by atoms with van der Waals surface area (Å²) in [7, 11) is -4.34. The van der Waals surface area contributed by atoms with Gasteiger partial charge in [-0.3, -0.25) is 9.40 Å². The van der Waals surface area contributed by atoms with Gasteiger partial charge in [-0.2, -0.15) is 5.10 Å². The Morgan fingerprint density at radius 2 is 1.79 bits per heavy atom. The molecule has 5 nitrogen and oxygen atoms in total. The Morgan fingerprint density at radius 3 is 2.46 bits per heavy atom. The number of benzene rings is 2. The van der Waals surface area contributed by atoms with E-state index in [1.54, 1.807) is 36.7 Å². The number of hydrogen-bond acceptors (Lipinski definition) is 3. The molecular formula is C18H15Cl2F2N3O2S. The van der Waals surface area contributed by atoms with Crippen molar-refractivity contribution >= 4 is 38.9 Å². The van der Waals surface area contributed by atoms with Gasteiger partial charge in [0.25, 0.3) is 10.0 Å². The number of hydrogen-bond donors (Lipinski definition) is 1. The minimum atomic E-state index is -4.34. The lowest BCUT2D eigenvalue weighted by Crippen LogP contribution is -2.16. The van der Waals surface area contributed by atoms with Crippen molar-refractivity contribution in [2.45, 2.75) is 25.3 Å². The summed E-state index contributed by atoms with van der Waals surface area (Å²) in [5.74, 6) is -1.90. The molecule has 1 N–H and O–H groups in total. The van der Waals surface area contributed by atoms with Gasteiger partial charge in [-0.25, -0.2) is 17.2 Å². The number of aromatic nitrogens is 2. The quantitative estimate of drug-likeness (QED) is 0.604. The van der Waals surface area contributed by atoms with E-state index in [9.17, 15) is 17.2 Å². The van der Waals surface area contributed by atoms with Crippen molar-refractivity contribution in [3.05, 3.63) is 75.0 Å². The van der Waals surface area contributed by atoms with Gasteiger partial charge in [0.2, 0.25) is 0 Å². The van der Waals surface area contributed by atoms with Gasteiger partial charge >= 0.3 is 0 Å². The van der Waals surface area contributed by atoms with Gasteiger partial charge in [-0.05, 0) is 49.7 Å².